The Labute approximate surface area is 167 Å². The van der Waals surface area contributed by atoms with Crippen molar-refractivity contribution in [1.29, 1.82) is 0 Å². The summed E-state index contributed by atoms with van der Waals surface area (Å²) in [5.74, 6) is 2.29. The van der Waals surface area contributed by atoms with Crippen molar-refractivity contribution in [2.45, 2.75) is 17.9 Å². The first-order valence-corrected chi connectivity index (χ1v) is 11.0. The second kappa shape index (κ2) is 8.23. The van der Waals surface area contributed by atoms with Crippen LogP contribution in [0.1, 0.15) is 32.7 Å². The molecule has 4 rings (SSSR count). The Kier molecular flexibility index (Phi) is 5.55. The standard InChI is InChI=1S/C21H20N2O2S2/c1-14-6-8-15(9-7-14)18-13-19(25-23-18)20(24)22-17-5-2-4-16(12-17)21-26-10-3-11-27-21/h2,4-9,12-13,21H,3,10-11H2,1H3,(H,22,24). The summed E-state index contributed by atoms with van der Waals surface area (Å²) in [6.45, 7) is 2.03. The fraction of sp³-hybridized carbons (Fsp3) is 0.238. The number of anilines is 1. The highest BCUT2D eigenvalue weighted by molar-refractivity contribution is 8.16. The Hall–Kier alpha value is -2.18. The lowest BCUT2D eigenvalue weighted by molar-refractivity contribution is 0.0988. The van der Waals surface area contributed by atoms with Gasteiger partial charge in [0.1, 0.15) is 5.69 Å². The molecule has 6 heteroatoms. The van der Waals surface area contributed by atoms with Crippen LogP contribution >= 0.6 is 23.5 Å². The first kappa shape index (κ1) is 18.2. The third-order valence-electron chi connectivity index (χ3n) is 4.33. The van der Waals surface area contributed by atoms with Crippen LogP contribution in [0.15, 0.2) is 59.1 Å². The summed E-state index contributed by atoms with van der Waals surface area (Å²) in [5.41, 5.74) is 4.77. The van der Waals surface area contributed by atoms with Crippen molar-refractivity contribution in [3.63, 3.8) is 0 Å². The zero-order valence-electron chi connectivity index (χ0n) is 15.0. The fourth-order valence-electron chi connectivity index (χ4n) is 2.88. The average Bonchev–Trinajstić information content (AvgIpc) is 3.20. The molecule has 0 saturated carbocycles. The predicted molar refractivity (Wildman–Crippen MR) is 113 cm³/mol. The van der Waals surface area contributed by atoms with Gasteiger partial charge in [0, 0.05) is 17.3 Å². The van der Waals surface area contributed by atoms with E-state index in [1.54, 1.807) is 6.07 Å². The molecule has 2 heterocycles. The Bertz CT molecular complexity index is 931. The minimum Gasteiger partial charge on any atom is -0.350 e. The number of carbonyl (C=O) groups excluding carboxylic acids is 1. The summed E-state index contributed by atoms with van der Waals surface area (Å²) in [7, 11) is 0. The summed E-state index contributed by atoms with van der Waals surface area (Å²) in [4.78, 5) is 12.5. The second-order valence-electron chi connectivity index (χ2n) is 6.45. The van der Waals surface area contributed by atoms with Gasteiger partial charge in [0.15, 0.2) is 0 Å². The third-order valence-corrected chi connectivity index (χ3v) is 7.34. The van der Waals surface area contributed by atoms with Crippen LogP contribution in [0.4, 0.5) is 5.69 Å². The van der Waals surface area contributed by atoms with Gasteiger partial charge in [-0.2, -0.15) is 0 Å². The summed E-state index contributed by atoms with van der Waals surface area (Å²) in [6, 6.07) is 17.7. The van der Waals surface area contributed by atoms with Crippen LogP contribution in [0, 0.1) is 6.92 Å². The second-order valence-corrected chi connectivity index (χ2v) is 9.17. The van der Waals surface area contributed by atoms with Crippen LogP contribution in [0.5, 0.6) is 0 Å². The number of hydrogen-bond acceptors (Lipinski definition) is 5. The molecule has 0 bridgehead atoms. The largest absolute Gasteiger partial charge is 0.350 e. The van der Waals surface area contributed by atoms with Crippen LogP contribution in [-0.4, -0.2) is 22.6 Å². The highest BCUT2D eigenvalue weighted by atomic mass is 32.2. The summed E-state index contributed by atoms with van der Waals surface area (Å²) < 4.78 is 5.70. The lowest BCUT2D eigenvalue weighted by Crippen LogP contribution is -2.11. The monoisotopic (exact) mass is 396 g/mol. The maximum Gasteiger partial charge on any atom is 0.294 e. The number of amides is 1. The Morgan fingerprint density at radius 3 is 2.67 bits per heavy atom. The van der Waals surface area contributed by atoms with Crippen molar-refractivity contribution in [1.82, 2.24) is 5.16 Å². The third kappa shape index (κ3) is 4.39. The van der Waals surface area contributed by atoms with Gasteiger partial charge < -0.3 is 9.84 Å². The van der Waals surface area contributed by atoms with Crippen LogP contribution in [0.2, 0.25) is 0 Å². The number of aryl methyl sites for hydroxylation is 1. The molecule has 1 aromatic heterocycles. The number of rotatable bonds is 4. The number of hydrogen-bond donors (Lipinski definition) is 1. The molecular weight excluding hydrogens is 376 g/mol. The summed E-state index contributed by atoms with van der Waals surface area (Å²) >= 11 is 3.93. The summed E-state index contributed by atoms with van der Waals surface area (Å²) in [6.07, 6.45) is 1.26. The predicted octanol–water partition coefficient (Wildman–Crippen LogP) is 5.77. The van der Waals surface area contributed by atoms with E-state index in [0.717, 1.165) is 11.3 Å². The molecule has 0 spiro atoms. The van der Waals surface area contributed by atoms with Gasteiger partial charge in [0.05, 0.1) is 4.58 Å². The molecule has 1 aliphatic rings. The van der Waals surface area contributed by atoms with E-state index in [-0.39, 0.29) is 11.7 Å². The molecule has 0 atom stereocenters. The molecule has 27 heavy (non-hydrogen) atoms. The van der Waals surface area contributed by atoms with Crippen LogP contribution in [-0.2, 0) is 0 Å². The molecule has 0 aliphatic carbocycles. The van der Waals surface area contributed by atoms with E-state index in [1.807, 2.05) is 72.9 Å². The number of aromatic nitrogens is 1. The average molecular weight is 397 g/mol. The molecule has 1 fully saturated rings. The van der Waals surface area contributed by atoms with E-state index in [2.05, 4.69) is 16.5 Å². The van der Waals surface area contributed by atoms with E-state index in [9.17, 15) is 4.79 Å². The first-order chi connectivity index (χ1) is 13.2. The maximum atomic E-state index is 12.5. The number of carbonyl (C=O) groups is 1. The molecule has 0 unspecified atom stereocenters. The van der Waals surface area contributed by atoms with Gasteiger partial charge >= 0.3 is 0 Å². The SMILES string of the molecule is Cc1ccc(-c2cc(C(=O)Nc3cccc(C4SCCCS4)c3)on2)cc1. The van der Waals surface area contributed by atoms with Crippen molar-refractivity contribution in [2.24, 2.45) is 0 Å². The summed E-state index contributed by atoms with van der Waals surface area (Å²) in [5, 5.41) is 6.95. The lowest BCUT2D eigenvalue weighted by Gasteiger charge is -2.21. The van der Waals surface area contributed by atoms with Crippen LogP contribution < -0.4 is 5.32 Å². The van der Waals surface area contributed by atoms with Crippen molar-refractivity contribution in [2.75, 3.05) is 16.8 Å². The molecule has 2 aromatic carbocycles. The molecule has 138 valence electrons. The quantitative estimate of drug-likeness (QED) is 0.606. The molecule has 1 amide bonds. The van der Waals surface area contributed by atoms with E-state index in [4.69, 9.17) is 4.52 Å². The number of nitrogens with zero attached hydrogens (tertiary/aromatic N) is 1. The van der Waals surface area contributed by atoms with Crippen molar-refractivity contribution in [3.8, 4) is 11.3 Å². The Balaban J connectivity index is 1.47. The van der Waals surface area contributed by atoms with Crippen LogP contribution in [0.3, 0.4) is 0 Å². The zero-order valence-corrected chi connectivity index (χ0v) is 16.6. The van der Waals surface area contributed by atoms with E-state index in [0.29, 0.717) is 10.3 Å². The number of thioether (sulfide) groups is 2. The van der Waals surface area contributed by atoms with Gasteiger partial charge in [0.25, 0.3) is 5.91 Å². The van der Waals surface area contributed by atoms with Gasteiger partial charge in [0.2, 0.25) is 5.76 Å². The number of benzene rings is 2. The van der Waals surface area contributed by atoms with E-state index >= 15 is 0 Å². The molecule has 4 nitrogen and oxygen atoms in total. The smallest absolute Gasteiger partial charge is 0.294 e. The Morgan fingerprint density at radius 1 is 1.11 bits per heavy atom. The van der Waals surface area contributed by atoms with E-state index < -0.39 is 0 Å². The first-order valence-electron chi connectivity index (χ1n) is 8.87. The molecule has 1 aliphatic heterocycles. The fourth-order valence-corrected chi connectivity index (χ4v) is 5.75. The van der Waals surface area contributed by atoms with Gasteiger partial charge in [-0.25, -0.2) is 0 Å². The molecule has 1 saturated heterocycles. The minimum absolute atomic E-state index is 0.206. The van der Waals surface area contributed by atoms with Crippen LogP contribution in [0.25, 0.3) is 11.3 Å². The van der Waals surface area contributed by atoms with Gasteiger partial charge in [-0.05, 0) is 42.5 Å². The Morgan fingerprint density at radius 2 is 1.89 bits per heavy atom. The highest BCUT2D eigenvalue weighted by Gasteiger charge is 2.18. The topological polar surface area (TPSA) is 55.1 Å². The van der Waals surface area contributed by atoms with E-state index in [1.165, 1.54) is 29.1 Å². The molecule has 0 radical (unpaired) electrons. The lowest BCUT2D eigenvalue weighted by atomic mass is 10.1. The van der Waals surface area contributed by atoms with Gasteiger partial charge in [-0.15, -0.1) is 23.5 Å². The molecule has 3 aromatic rings. The van der Waals surface area contributed by atoms with Gasteiger partial charge in [-0.1, -0.05) is 47.1 Å². The maximum absolute atomic E-state index is 12.5. The van der Waals surface area contributed by atoms with Crippen molar-refractivity contribution >= 4 is 35.1 Å². The minimum atomic E-state index is -0.290. The normalized spacial score (nSPS) is 14.9. The molecular formula is C21H20N2O2S2. The number of nitrogens with one attached hydrogen (secondary N) is 1. The van der Waals surface area contributed by atoms with Crippen molar-refractivity contribution in [3.05, 3.63) is 71.5 Å². The zero-order chi connectivity index (χ0) is 18.6. The molecule has 1 N–H and O–H groups in total. The highest BCUT2D eigenvalue weighted by Crippen LogP contribution is 2.44. The van der Waals surface area contributed by atoms with Gasteiger partial charge in [-0.3, -0.25) is 4.79 Å². The van der Waals surface area contributed by atoms with Crippen molar-refractivity contribution < 1.29 is 9.32 Å².